The van der Waals surface area contributed by atoms with E-state index in [1.807, 2.05) is 31.2 Å². The van der Waals surface area contributed by atoms with Crippen molar-refractivity contribution in [2.75, 3.05) is 12.4 Å². The summed E-state index contributed by atoms with van der Waals surface area (Å²) in [4.78, 5) is 12.2. The summed E-state index contributed by atoms with van der Waals surface area (Å²) in [6, 6.07) is 10.6. The minimum Gasteiger partial charge on any atom is -0.494 e. The van der Waals surface area contributed by atoms with Gasteiger partial charge < -0.3 is 10.1 Å². The first-order valence-electron chi connectivity index (χ1n) is 5.93. The standard InChI is InChI=1S/C15H13Cl2NO2/c1-9-5-3-4-6-13(9)18-15(19)10-7-11(16)14(20-2)12(17)8-10/h3-8H,1-2H3,(H,18,19). The maximum Gasteiger partial charge on any atom is 0.255 e. The molecule has 0 spiro atoms. The van der Waals surface area contributed by atoms with Crippen molar-refractivity contribution in [2.24, 2.45) is 0 Å². The van der Waals surface area contributed by atoms with Gasteiger partial charge in [-0.05, 0) is 30.7 Å². The number of carbonyl (C=O) groups excluding carboxylic acids is 1. The van der Waals surface area contributed by atoms with Crippen LogP contribution in [0.15, 0.2) is 36.4 Å². The highest BCUT2D eigenvalue weighted by Crippen LogP contribution is 2.34. The van der Waals surface area contributed by atoms with E-state index in [1.54, 1.807) is 0 Å². The van der Waals surface area contributed by atoms with E-state index in [0.717, 1.165) is 11.3 Å². The molecule has 0 atom stereocenters. The van der Waals surface area contributed by atoms with Crippen LogP contribution in [0.3, 0.4) is 0 Å². The Labute approximate surface area is 127 Å². The summed E-state index contributed by atoms with van der Waals surface area (Å²) < 4.78 is 5.05. The number of methoxy groups -OCH3 is 1. The van der Waals surface area contributed by atoms with Crippen molar-refractivity contribution in [2.45, 2.75) is 6.92 Å². The summed E-state index contributed by atoms with van der Waals surface area (Å²) in [6.07, 6.45) is 0. The Balaban J connectivity index is 2.29. The molecule has 0 heterocycles. The number of carbonyl (C=O) groups is 1. The van der Waals surface area contributed by atoms with Gasteiger partial charge in [-0.3, -0.25) is 4.79 Å². The molecule has 5 heteroatoms. The molecule has 1 N–H and O–H groups in total. The average molecular weight is 310 g/mol. The summed E-state index contributed by atoms with van der Waals surface area (Å²) in [6.45, 7) is 1.92. The van der Waals surface area contributed by atoms with E-state index in [-0.39, 0.29) is 5.91 Å². The first kappa shape index (κ1) is 14.7. The second-order valence-corrected chi connectivity index (χ2v) is 5.06. The molecule has 0 saturated carbocycles. The van der Waals surface area contributed by atoms with Crippen LogP contribution < -0.4 is 10.1 Å². The monoisotopic (exact) mass is 309 g/mol. The number of aryl methyl sites for hydroxylation is 1. The number of anilines is 1. The zero-order valence-electron chi connectivity index (χ0n) is 11.0. The number of hydrogen-bond donors (Lipinski definition) is 1. The molecular formula is C15H13Cl2NO2. The first-order valence-corrected chi connectivity index (χ1v) is 6.68. The lowest BCUT2D eigenvalue weighted by molar-refractivity contribution is 0.102. The Morgan fingerprint density at radius 1 is 1.15 bits per heavy atom. The van der Waals surface area contributed by atoms with E-state index in [9.17, 15) is 4.79 Å². The van der Waals surface area contributed by atoms with Crippen LogP contribution in [0, 0.1) is 6.92 Å². The summed E-state index contributed by atoms with van der Waals surface area (Å²) in [7, 11) is 1.47. The lowest BCUT2D eigenvalue weighted by Gasteiger charge is -2.10. The van der Waals surface area contributed by atoms with E-state index in [0.29, 0.717) is 21.4 Å². The number of para-hydroxylation sites is 1. The molecule has 0 radical (unpaired) electrons. The van der Waals surface area contributed by atoms with E-state index in [1.165, 1.54) is 19.2 Å². The minimum atomic E-state index is -0.272. The van der Waals surface area contributed by atoms with Gasteiger partial charge in [0.15, 0.2) is 5.75 Å². The molecule has 0 bridgehead atoms. The van der Waals surface area contributed by atoms with Crippen LogP contribution in [0.1, 0.15) is 15.9 Å². The molecule has 2 rings (SSSR count). The molecule has 0 aromatic heterocycles. The molecule has 2 aromatic rings. The second-order valence-electron chi connectivity index (χ2n) is 4.24. The van der Waals surface area contributed by atoms with E-state index >= 15 is 0 Å². The van der Waals surface area contributed by atoms with Gasteiger partial charge in [0, 0.05) is 11.3 Å². The highest BCUT2D eigenvalue weighted by molar-refractivity contribution is 6.37. The van der Waals surface area contributed by atoms with Gasteiger partial charge >= 0.3 is 0 Å². The Morgan fingerprint density at radius 3 is 2.30 bits per heavy atom. The third kappa shape index (κ3) is 3.06. The fourth-order valence-electron chi connectivity index (χ4n) is 1.79. The van der Waals surface area contributed by atoms with Gasteiger partial charge in [-0.1, -0.05) is 41.4 Å². The van der Waals surface area contributed by atoms with Crippen LogP contribution in [0.25, 0.3) is 0 Å². The predicted octanol–water partition coefficient (Wildman–Crippen LogP) is 4.56. The Kier molecular flexibility index (Phi) is 4.53. The summed E-state index contributed by atoms with van der Waals surface area (Å²) in [5.74, 6) is 0.0894. The van der Waals surface area contributed by atoms with Gasteiger partial charge in [-0.2, -0.15) is 0 Å². The molecule has 0 unspecified atom stereocenters. The molecule has 0 saturated heterocycles. The van der Waals surface area contributed by atoms with Crippen molar-refractivity contribution in [3.05, 3.63) is 57.6 Å². The van der Waals surface area contributed by atoms with Crippen LogP contribution in [0.5, 0.6) is 5.75 Å². The Hall–Kier alpha value is -1.71. The van der Waals surface area contributed by atoms with E-state index < -0.39 is 0 Å². The molecule has 0 fully saturated rings. The number of nitrogens with one attached hydrogen (secondary N) is 1. The van der Waals surface area contributed by atoms with Crippen molar-refractivity contribution in [1.82, 2.24) is 0 Å². The molecule has 0 aliphatic rings. The highest BCUT2D eigenvalue weighted by Gasteiger charge is 2.14. The molecule has 20 heavy (non-hydrogen) atoms. The van der Waals surface area contributed by atoms with Crippen molar-refractivity contribution in [1.29, 1.82) is 0 Å². The largest absolute Gasteiger partial charge is 0.494 e. The van der Waals surface area contributed by atoms with Gasteiger partial charge in [-0.15, -0.1) is 0 Å². The second kappa shape index (κ2) is 6.16. The number of halogens is 2. The van der Waals surface area contributed by atoms with Gasteiger partial charge in [0.2, 0.25) is 0 Å². The van der Waals surface area contributed by atoms with Gasteiger partial charge in [0.25, 0.3) is 5.91 Å². The van der Waals surface area contributed by atoms with Crippen molar-refractivity contribution < 1.29 is 9.53 Å². The molecule has 3 nitrogen and oxygen atoms in total. The normalized spacial score (nSPS) is 10.2. The van der Waals surface area contributed by atoms with Crippen molar-refractivity contribution >= 4 is 34.8 Å². The zero-order valence-corrected chi connectivity index (χ0v) is 12.5. The fraction of sp³-hybridized carbons (Fsp3) is 0.133. The quantitative estimate of drug-likeness (QED) is 0.902. The lowest BCUT2D eigenvalue weighted by atomic mass is 10.1. The molecular weight excluding hydrogens is 297 g/mol. The summed E-state index contributed by atoms with van der Waals surface area (Å²) in [5.41, 5.74) is 2.11. The van der Waals surface area contributed by atoms with Gasteiger partial charge in [0.1, 0.15) is 0 Å². The van der Waals surface area contributed by atoms with Crippen molar-refractivity contribution in [3.8, 4) is 5.75 Å². The molecule has 104 valence electrons. The number of ether oxygens (including phenoxy) is 1. The zero-order chi connectivity index (χ0) is 14.7. The van der Waals surface area contributed by atoms with Crippen LogP contribution >= 0.6 is 23.2 Å². The average Bonchev–Trinajstić information content (AvgIpc) is 2.41. The maximum atomic E-state index is 12.2. The smallest absolute Gasteiger partial charge is 0.255 e. The molecule has 0 aliphatic heterocycles. The topological polar surface area (TPSA) is 38.3 Å². The highest BCUT2D eigenvalue weighted by atomic mass is 35.5. The van der Waals surface area contributed by atoms with Crippen LogP contribution in [-0.4, -0.2) is 13.0 Å². The third-order valence-corrected chi connectivity index (χ3v) is 3.42. The van der Waals surface area contributed by atoms with E-state index in [2.05, 4.69) is 5.32 Å². The first-order chi connectivity index (χ1) is 9.52. The van der Waals surface area contributed by atoms with Gasteiger partial charge in [0.05, 0.1) is 17.2 Å². The lowest BCUT2D eigenvalue weighted by Crippen LogP contribution is -2.12. The summed E-state index contributed by atoms with van der Waals surface area (Å²) >= 11 is 12.0. The van der Waals surface area contributed by atoms with Crippen molar-refractivity contribution in [3.63, 3.8) is 0 Å². The molecule has 1 amide bonds. The fourth-order valence-corrected chi connectivity index (χ4v) is 2.43. The predicted molar refractivity (Wildman–Crippen MR) is 82.1 cm³/mol. The number of amides is 1. The van der Waals surface area contributed by atoms with Crippen LogP contribution in [-0.2, 0) is 0 Å². The third-order valence-electron chi connectivity index (χ3n) is 2.86. The van der Waals surface area contributed by atoms with Crippen LogP contribution in [0.4, 0.5) is 5.69 Å². The Bertz CT molecular complexity index is 633. The molecule has 0 aliphatic carbocycles. The maximum absolute atomic E-state index is 12.2. The minimum absolute atomic E-state index is 0.272. The SMILES string of the molecule is COc1c(Cl)cc(C(=O)Nc2ccccc2C)cc1Cl. The van der Waals surface area contributed by atoms with E-state index in [4.69, 9.17) is 27.9 Å². The molecule has 2 aromatic carbocycles. The number of rotatable bonds is 3. The summed E-state index contributed by atoms with van der Waals surface area (Å²) in [5, 5.41) is 3.42. The number of benzene rings is 2. The van der Waals surface area contributed by atoms with Crippen LogP contribution in [0.2, 0.25) is 10.0 Å². The number of hydrogen-bond acceptors (Lipinski definition) is 2. The van der Waals surface area contributed by atoms with Gasteiger partial charge in [-0.25, -0.2) is 0 Å². The Morgan fingerprint density at radius 2 is 1.75 bits per heavy atom.